The van der Waals surface area contributed by atoms with Gasteiger partial charge in [-0.1, -0.05) is 5.92 Å². The molecule has 0 saturated carbocycles. The fraction of sp³-hybridized carbons (Fsp3) is 0.636. The minimum atomic E-state index is -0.321. The Morgan fingerprint density at radius 1 is 1.56 bits per heavy atom. The topological polar surface area (TPSA) is 58.6 Å². The van der Waals surface area contributed by atoms with Crippen molar-refractivity contribution in [2.24, 2.45) is 0 Å². The molecule has 0 saturated heterocycles. The number of esters is 1. The summed E-state index contributed by atoms with van der Waals surface area (Å²) in [6.07, 6.45) is 5.29. The molecule has 0 rings (SSSR count). The molecule has 0 fully saturated rings. The van der Waals surface area contributed by atoms with Crippen LogP contribution in [0.15, 0.2) is 0 Å². The summed E-state index contributed by atoms with van der Waals surface area (Å²) in [5.41, 5.74) is 0. The van der Waals surface area contributed by atoms with Gasteiger partial charge in [-0.2, -0.15) is 0 Å². The fourth-order valence-corrected chi connectivity index (χ4v) is 1.05. The second kappa shape index (κ2) is 7.71. The highest BCUT2D eigenvalue weighted by molar-refractivity contribution is 5.81. The molecule has 0 radical (unpaired) electrons. The Morgan fingerprint density at radius 2 is 2.19 bits per heavy atom. The summed E-state index contributed by atoms with van der Waals surface area (Å²) in [5, 5.41) is 2.58. The number of likely N-dealkylation sites (N-methyl/N-ethyl adjacent to an activating group) is 1. The first-order valence-electron chi connectivity index (χ1n) is 5.01. The van der Waals surface area contributed by atoms with E-state index < -0.39 is 0 Å². The van der Waals surface area contributed by atoms with Crippen LogP contribution in [0.25, 0.3) is 0 Å². The summed E-state index contributed by atoms with van der Waals surface area (Å²) < 4.78 is 4.51. The molecule has 1 unspecified atom stereocenters. The Labute approximate surface area is 96.1 Å². The molecule has 0 aromatic rings. The number of nitrogens with zero attached hydrogens (tertiary/aromatic N) is 1. The van der Waals surface area contributed by atoms with Crippen molar-refractivity contribution in [3.63, 3.8) is 0 Å². The van der Waals surface area contributed by atoms with Crippen LogP contribution in [0.3, 0.4) is 0 Å². The third-order valence-corrected chi connectivity index (χ3v) is 2.30. The predicted octanol–water partition coefficient (Wildman–Crippen LogP) is -0.381. The first-order chi connectivity index (χ1) is 7.52. The van der Waals surface area contributed by atoms with E-state index in [1.165, 1.54) is 7.11 Å². The number of rotatable bonds is 6. The quantitative estimate of drug-likeness (QED) is 0.495. The van der Waals surface area contributed by atoms with Gasteiger partial charge in [-0.15, -0.1) is 6.42 Å². The molecule has 5 heteroatoms. The average Bonchev–Trinajstić information content (AvgIpc) is 2.31. The molecular weight excluding hydrogens is 208 g/mol. The van der Waals surface area contributed by atoms with Crippen LogP contribution in [-0.4, -0.2) is 50.1 Å². The average molecular weight is 226 g/mol. The van der Waals surface area contributed by atoms with Crippen molar-refractivity contribution >= 4 is 11.9 Å². The molecule has 1 atom stereocenters. The van der Waals surface area contributed by atoms with Crippen LogP contribution in [0, 0.1) is 12.3 Å². The van der Waals surface area contributed by atoms with Crippen molar-refractivity contribution in [3.05, 3.63) is 0 Å². The van der Waals surface area contributed by atoms with E-state index in [0.717, 1.165) is 0 Å². The summed E-state index contributed by atoms with van der Waals surface area (Å²) in [6, 6.07) is -0.321. The monoisotopic (exact) mass is 226 g/mol. The molecule has 0 aliphatic heterocycles. The Hall–Kier alpha value is -1.54. The lowest BCUT2D eigenvalue weighted by molar-refractivity contribution is -0.141. The van der Waals surface area contributed by atoms with Gasteiger partial charge in [0.2, 0.25) is 5.91 Å². The normalized spacial score (nSPS) is 11.7. The van der Waals surface area contributed by atoms with Gasteiger partial charge >= 0.3 is 5.97 Å². The lowest BCUT2D eigenvalue weighted by atomic mass is 10.2. The van der Waals surface area contributed by atoms with E-state index in [1.807, 2.05) is 0 Å². The van der Waals surface area contributed by atoms with Crippen molar-refractivity contribution in [1.29, 1.82) is 0 Å². The first kappa shape index (κ1) is 14.5. The molecular formula is C11H18N2O3. The van der Waals surface area contributed by atoms with Crippen LogP contribution in [0.1, 0.15) is 13.3 Å². The number of amides is 1. The minimum Gasteiger partial charge on any atom is -0.469 e. The summed E-state index contributed by atoms with van der Waals surface area (Å²) in [7, 11) is 3.11. The Bertz CT molecular complexity index is 283. The van der Waals surface area contributed by atoms with E-state index in [0.29, 0.717) is 6.54 Å². The molecule has 1 N–H and O–H groups in total. The Morgan fingerprint density at radius 3 is 2.69 bits per heavy atom. The van der Waals surface area contributed by atoms with Gasteiger partial charge in [0.1, 0.15) is 0 Å². The Balaban J connectivity index is 3.98. The number of nitrogens with one attached hydrogen (secondary N) is 1. The van der Waals surface area contributed by atoms with Gasteiger partial charge in [0.05, 0.1) is 26.1 Å². The van der Waals surface area contributed by atoms with Gasteiger partial charge in [0, 0.05) is 6.54 Å². The SMILES string of the molecule is C#CCNC(=O)C(C)N(C)CCC(=O)OC. The van der Waals surface area contributed by atoms with Gasteiger partial charge in [0.15, 0.2) is 0 Å². The summed E-state index contributed by atoms with van der Waals surface area (Å²) in [4.78, 5) is 24.2. The molecule has 0 spiro atoms. The maximum atomic E-state index is 11.5. The summed E-state index contributed by atoms with van der Waals surface area (Å²) in [6.45, 7) is 2.44. The Kier molecular flexibility index (Phi) is 6.97. The summed E-state index contributed by atoms with van der Waals surface area (Å²) in [5.74, 6) is 1.89. The second-order valence-electron chi connectivity index (χ2n) is 3.40. The second-order valence-corrected chi connectivity index (χ2v) is 3.40. The number of terminal acetylenes is 1. The van der Waals surface area contributed by atoms with Gasteiger partial charge in [0.25, 0.3) is 0 Å². The van der Waals surface area contributed by atoms with Crippen LogP contribution in [0.5, 0.6) is 0 Å². The van der Waals surface area contributed by atoms with Crippen molar-refractivity contribution in [1.82, 2.24) is 10.2 Å². The van der Waals surface area contributed by atoms with Gasteiger partial charge < -0.3 is 10.1 Å². The number of methoxy groups -OCH3 is 1. The van der Waals surface area contributed by atoms with Gasteiger partial charge in [-0.25, -0.2) is 0 Å². The highest BCUT2D eigenvalue weighted by atomic mass is 16.5. The van der Waals surface area contributed by atoms with E-state index in [1.54, 1.807) is 18.9 Å². The van der Waals surface area contributed by atoms with E-state index in [2.05, 4.69) is 16.0 Å². The molecule has 5 nitrogen and oxygen atoms in total. The zero-order valence-electron chi connectivity index (χ0n) is 9.95. The van der Waals surface area contributed by atoms with E-state index in [-0.39, 0.29) is 30.9 Å². The van der Waals surface area contributed by atoms with E-state index in [4.69, 9.17) is 6.42 Å². The van der Waals surface area contributed by atoms with E-state index in [9.17, 15) is 9.59 Å². The number of hydrogen-bond donors (Lipinski definition) is 1. The predicted molar refractivity (Wildman–Crippen MR) is 60.6 cm³/mol. The molecule has 1 amide bonds. The maximum absolute atomic E-state index is 11.5. The highest BCUT2D eigenvalue weighted by Crippen LogP contribution is 1.98. The van der Waals surface area contributed by atoms with Crippen LogP contribution < -0.4 is 5.32 Å². The molecule has 0 aliphatic carbocycles. The molecule has 0 aromatic heterocycles. The molecule has 0 aromatic carbocycles. The van der Waals surface area contributed by atoms with Crippen molar-refractivity contribution < 1.29 is 14.3 Å². The molecule has 0 bridgehead atoms. The van der Waals surface area contributed by atoms with Crippen molar-refractivity contribution in [2.45, 2.75) is 19.4 Å². The standard InChI is InChI=1S/C11H18N2O3/c1-5-7-12-11(15)9(2)13(3)8-6-10(14)16-4/h1,9H,6-8H2,2-4H3,(H,12,15). The molecule has 0 aliphatic rings. The number of hydrogen-bond acceptors (Lipinski definition) is 4. The molecule has 0 heterocycles. The zero-order chi connectivity index (χ0) is 12.6. The highest BCUT2D eigenvalue weighted by Gasteiger charge is 2.17. The smallest absolute Gasteiger partial charge is 0.306 e. The maximum Gasteiger partial charge on any atom is 0.306 e. The van der Waals surface area contributed by atoms with Gasteiger partial charge in [-0.05, 0) is 14.0 Å². The van der Waals surface area contributed by atoms with Crippen LogP contribution in [0.4, 0.5) is 0 Å². The third-order valence-electron chi connectivity index (χ3n) is 2.30. The van der Waals surface area contributed by atoms with Crippen molar-refractivity contribution in [3.8, 4) is 12.3 Å². The van der Waals surface area contributed by atoms with Gasteiger partial charge in [-0.3, -0.25) is 14.5 Å². The molecule has 90 valence electrons. The lowest BCUT2D eigenvalue weighted by Gasteiger charge is -2.22. The van der Waals surface area contributed by atoms with Crippen LogP contribution >= 0.6 is 0 Å². The fourth-order valence-electron chi connectivity index (χ4n) is 1.05. The van der Waals surface area contributed by atoms with Crippen molar-refractivity contribution in [2.75, 3.05) is 27.2 Å². The lowest BCUT2D eigenvalue weighted by Crippen LogP contribution is -2.44. The minimum absolute atomic E-state index is 0.148. The van der Waals surface area contributed by atoms with Crippen LogP contribution in [0.2, 0.25) is 0 Å². The number of ether oxygens (including phenoxy) is 1. The number of carbonyl (C=O) groups excluding carboxylic acids is 2. The largest absolute Gasteiger partial charge is 0.469 e. The third kappa shape index (κ3) is 5.37. The first-order valence-corrected chi connectivity index (χ1v) is 5.01. The molecule has 16 heavy (non-hydrogen) atoms. The van der Waals surface area contributed by atoms with E-state index >= 15 is 0 Å². The van der Waals surface area contributed by atoms with Crippen LogP contribution in [-0.2, 0) is 14.3 Å². The summed E-state index contributed by atoms with van der Waals surface area (Å²) >= 11 is 0. The number of carbonyl (C=O) groups is 2. The zero-order valence-corrected chi connectivity index (χ0v) is 9.95.